The topological polar surface area (TPSA) is 14.2 Å². The monoisotopic (exact) mass is 217 g/mol. The van der Waals surface area contributed by atoms with Crippen LogP contribution < -0.4 is 4.74 Å². The third kappa shape index (κ3) is 1.80. The molecule has 0 atom stereocenters. The number of aryl methyl sites for hydroxylation is 2. The van der Waals surface area contributed by atoms with E-state index in [-0.39, 0.29) is 0 Å². The zero-order chi connectivity index (χ0) is 11.5. The smallest absolute Gasteiger partial charge is 0.143 e. The van der Waals surface area contributed by atoms with Crippen molar-refractivity contribution in [3.8, 4) is 5.75 Å². The van der Waals surface area contributed by atoms with Crippen molar-refractivity contribution in [3.63, 3.8) is 0 Å². The summed E-state index contributed by atoms with van der Waals surface area (Å²) in [6.07, 6.45) is 4.65. The molecule has 0 spiro atoms. The lowest BCUT2D eigenvalue weighted by Gasteiger charge is -2.08. The van der Waals surface area contributed by atoms with E-state index in [4.69, 9.17) is 4.74 Å². The van der Waals surface area contributed by atoms with E-state index < -0.39 is 0 Å². The van der Waals surface area contributed by atoms with Gasteiger partial charge in [-0.15, -0.1) is 0 Å². The summed E-state index contributed by atoms with van der Waals surface area (Å²) in [7, 11) is 1.74. The van der Waals surface area contributed by atoms with Gasteiger partial charge in [-0.05, 0) is 25.0 Å². The maximum Gasteiger partial charge on any atom is 0.143 e. The van der Waals surface area contributed by atoms with E-state index in [9.17, 15) is 0 Å². The number of para-hydroxylation sites is 1. The second-order valence-electron chi connectivity index (χ2n) is 4.22. The summed E-state index contributed by atoms with van der Waals surface area (Å²) in [6, 6.07) is 6.25. The minimum absolute atomic E-state index is 0.974. The highest BCUT2D eigenvalue weighted by molar-refractivity contribution is 5.88. The van der Waals surface area contributed by atoms with E-state index in [0.717, 1.165) is 12.3 Å². The predicted octanol–water partition coefficient (Wildman–Crippen LogP) is 3.76. The van der Waals surface area contributed by atoms with Gasteiger partial charge in [0.05, 0.1) is 12.6 Å². The van der Waals surface area contributed by atoms with Crippen molar-refractivity contribution in [3.05, 3.63) is 30.0 Å². The number of benzene rings is 1. The van der Waals surface area contributed by atoms with E-state index in [2.05, 4.69) is 36.7 Å². The van der Waals surface area contributed by atoms with Gasteiger partial charge in [-0.25, -0.2) is 0 Å². The minimum atomic E-state index is 0.974. The Labute approximate surface area is 96.8 Å². The van der Waals surface area contributed by atoms with Crippen LogP contribution in [0.25, 0.3) is 10.9 Å². The van der Waals surface area contributed by atoms with Gasteiger partial charge in [0.1, 0.15) is 5.75 Å². The van der Waals surface area contributed by atoms with Crippen molar-refractivity contribution in [2.24, 2.45) is 0 Å². The van der Waals surface area contributed by atoms with Gasteiger partial charge in [-0.1, -0.05) is 25.5 Å². The van der Waals surface area contributed by atoms with Gasteiger partial charge in [0.15, 0.2) is 0 Å². The Bertz CT molecular complexity index is 485. The molecule has 0 amide bonds. The van der Waals surface area contributed by atoms with Crippen LogP contribution in [0.5, 0.6) is 5.75 Å². The van der Waals surface area contributed by atoms with Crippen LogP contribution in [-0.4, -0.2) is 11.7 Å². The Hall–Kier alpha value is -1.44. The van der Waals surface area contributed by atoms with Crippen molar-refractivity contribution in [1.29, 1.82) is 0 Å². The highest BCUT2D eigenvalue weighted by Crippen LogP contribution is 2.29. The molecule has 0 saturated heterocycles. The van der Waals surface area contributed by atoms with Crippen molar-refractivity contribution in [1.82, 2.24) is 4.57 Å². The van der Waals surface area contributed by atoms with E-state index in [1.165, 1.54) is 29.3 Å². The largest absolute Gasteiger partial charge is 0.495 e. The quantitative estimate of drug-likeness (QED) is 0.760. The fourth-order valence-electron chi connectivity index (χ4n) is 2.17. The lowest BCUT2D eigenvalue weighted by molar-refractivity contribution is 0.417. The molecular weight excluding hydrogens is 198 g/mol. The average Bonchev–Trinajstić information content (AvgIpc) is 2.64. The molecule has 0 aliphatic rings. The number of aromatic nitrogens is 1. The van der Waals surface area contributed by atoms with Gasteiger partial charge in [0, 0.05) is 18.1 Å². The van der Waals surface area contributed by atoms with Crippen molar-refractivity contribution in [2.45, 2.75) is 33.2 Å². The molecule has 1 heterocycles. The molecular formula is C14H19NO. The lowest BCUT2D eigenvalue weighted by atomic mass is 10.2. The number of hydrogen-bond acceptors (Lipinski definition) is 1. The van der Waals surface area contributed by atoms with Gasteiger partial charge >= 0.3 is 0 Å². The highest BCUT2D eigenvalue weighted by Gasteiger charge is 2.09. The molecule has 1 aromatic carbocycles. The molecule has 0 aliphatic carbocycles. The molecule has 0 N–H and O–H groups in total. The minimum Gasteiger partial charge on any atom is -0.495 e. The van der Waals surface area contributed by atoms with E-state index in [1.54, 1.807) is 7.11 Å². The molecule has 0 radical (unpaired) electrons. The lowest BCUT2D eigenvalue weighted by Crippen LogP contribution is -1.97. The number of unbranched alkanes of at least 4 members (excludes halogenated alkanes) is 1. The van der Waals surface area contributed by atoms with Crippen molar-refractivity contribution >= 4 is 10.9 Å². The molecule has 2 heteroatoms. The Morgan fingerprint density at radius 1 is 1.31 bits per heavy atom. The molecule has 16 heavy (non-hydrogen) atoms. The molecule has 0 unspecified atom stereocenters. The van der Waals surface area contributed by atoms with E-state index >= 15 is 0 Å². The normalized spacial score (nSPS) is 10.9. The van der Waals surface area contributed by atoms with Crippen molar-refractivity contribution < 1.29 is 4.74 Å². The Balaban J connectivity index is 2.55. The molecule has 0 aliphatic heterocycles. The molecule has 2 nitrogen and oxygen atoms in total. The van der Waals surface area contributed by atoms with Gasteiger partial charge < -0.3 is 9.30 Å². The van der Waals surface area contributed by atoms with Crippen LogP contribution in [-0.2, 0) is 6.54 Å². The standard InChI is InChI=1S/C14H19NO/c1-4-5-9-15-10-11(2)12-7-6-8-13(16-3)14(12)15/h6-8,10H,4-5,9H2,1-3H3. The fraction of sp³-hybridized carbons (Fsp3) is 0.429. The van der Waals surface area contributed by atoms with Crippen LogP contribution in [0.2, 0.25) is 0 Å². The molecule has 86 valence electrons. The maximum absolute atomic E-state index is 5.44. The molecule has 0 bridgehead atoms. The number of fused-ring (bicyclic) bond motifs is 1. The molecule has 0 saturated carbocycles. The average molecular weight is 217 g/mol. The summed E-state index contributed by atoms with van der Waals surface area (Å²) in [5.41, 5.74) is 2.56. The van der Waals surface area contributed by atoms with E-state index in [1.807, 2.05) is 6.07 Å². The van der Waals surface area contributed by atoms with Crippen molar-refractivity contribution in [2.75, 3.05) is 7.11 Å². The van der Waals surface area contributed by atoms with Crippen LogP contribution in [0.3, 0.4) is 0 Å². The Kier molecular flexibility index (Phi) is 3.18. The first-order valence-electron chi connectivity index (χ1n) is 5.90. The molecule has 2 rings (SSSR count). The summed E-state index contributed by atoms with van der Waals surface area (Å²) in [4.78, 5) is 0. The van der Waals surface area contributed by atoms with E-state index in [0.29, 0.717) is 0 Å². The van der Waals surface area contributed by atoms with Gasteiger partial charge in [0.2, 0.25) is 0 Å². The van der Waals surface area contributed by atoms with Crippen LogP contribution in [0, 0.1) is 6.92 Å². The SMILES string of the molecule is CCCCn1cc(C)c2cccc(OC)c21. The van der Waals surface area contributed by atoms with Crippen LogP contribution in [0.4, 0.5) is 0 Å². The second kappa shape index (κ2) is 4.60. The second-order valence-corrected chi connectivity index (χ2v) is 4.22. The number of methoxy groups -OCH3 is 1. The molecule has 0 fully saturated rings. The first-order valence-corrected chi connectivity index (χ1v) is 5.90. The number of hydrogen-bond donors (Lipinski definition) is 0. The zero-order valence-corrected chi connectivity index (χ0v) is 10.3. The predicted molar refractivity (Wildman–Crippen MR) is 68.1 cm³/mol. The fourth-order valence-corrected chi connectivity index (χ4v) is 2.17. The Morgan fingerprint density at radius 3 is 2.81 bits per heavy atom. The Morgan fingerprint density at radius 2 is 2.12 bits per heavy atom. The number of nitrogens with zero attached hydrogens (tertiary/aromatic N) is 1. The summed E-state index contributed by atoms with van der Waals surface area (Å²) < 4.78 is 7.75. The summed E-state index contributed by atoms with van der Waals surface area (Å²) in [6.45, 7) is 5.45. The van der Waals surface area contributed by atoms with Crippen LogP contribution in [0.15, 0.2) is 24.4 Å². The van der Waals surface area contributed by atoms with Gasteiger partial charge in [0.25, 0.3) is 0 Å². The first kappa shape index (κ1) is 11.1. The highest BCUT2D eigenvalue weighted by atomic mass is 16.5. The summed E-state index contributed by atoms with van der Waals surface area (Å²) in [5.74, 6) is 0.974. The number of ether oxygens (including phenoxy) is 1. The zero-order valence-electron chi connectivity index (χ0n) is 10.3. The summed E-state index contributed by atoms with van der Waals surface area (Å²) in [5, 5.41) is 1.30. The summed E-state index contributed by atoms with van der Waals surface area (Å²) >= 11 is 0. The number of rotatable bonds is 4. The molecule has 2 aromatic rings. The first-order chi connectivity index (χ1) is 7.77. The third-order valence-corrected chi connectivity index (χ3v) is 3.03. The third-order valence-electron chi connectivity index (χ3n) is 3.03. The van der Waals surface area contributed by atoms with Gasteiger partial charge in [-0.3, -0.25) is 0 Å². The van der Waals surface area contributed by atoms with Gasteiger partial charge in [-0.2, -0.15) is 0 Å². The van der Waals surface area contributed by atoms with Crippen LogP contribution >= 0.6 is 0 Å². The molecule has 1 aromatic heterocycles. The maximum atomic E-state index is 5.44. The van der Waals surface area contributed by atoms with Crippen LogP contribution in [0.1, 0.15) is 25.3 Å².